The number of carbonyl (C=O) groups is 1. The number of amides is 1. The third kappa shape index (κ3) is 4.85. The lowest BCUT2D eigenvalue weighted by Gasteiger charge is -2.24. The zero-order valence-corrected chi connectivity index (χ0v) is 19.0. The molecule has 0 fully saturated rings. The van der Waals surface area contributed by atoms with Crippen molar-refractivity contribution >= 4 is 41.0 Å². The van der Waals surface area contributed by atoms with Gasteiger partial charge in [0, 0.05) is 17.2 Å². The molecule has 5 nitrogen and oxygen atoms in total. The minimum Gasteiger partial charge on any atom is -0.492 e. The number of allylic oxidation sites excluding steroid dienone is 3. The van der Waals surface area contributed by atoms with Crippen molar-refractivity contribution in [2.75, 3.05) is 23.4 Å². The summed E-state index contributed by atoms with van der Waals surface area (Å²) in [6.07, 6.45) is 11.7. The van der Waals surface area contributed by atoms with Crippen molar-refractivity contribution in [3.05, 3.63) is 64.3 Å². The second-order valence-electron chi connectivity index (χ2n) is 7.83. The number of rotatable bonds is 5. The lowest BCUT2D eigenvalue weighted by atomic mass is 9.86. The van der Waals surface area contributed by atoms with Gasteiger partial charge in [0.1, 0.15) is 0 Å². The quantitative estimate of drug-likeness (QED) is 0.575. The molecule has 0 spiro atoms. The van der Waals surface area contributed by atoms with Gasteiger partial charge in [-0.2, -0.15) is 0 Å². The summed E-state index contributed by atoms with van der Waals surface area (Å²) in [7, 11) is 1.61. The Balaban J connectivity index is 1.96. The molecule has 1 atom stereocenters. The summed E-state index contributed by atoms with van der Waals surface area (Å²) in [6, 6.07) is 4.05. The van der Waals surface area contributed by atoms with E-state index >= 15 is 0 Å². The number of carbonyl (C=O) groups excluding carboxylic acids is 1. The SMILES string of the molecule is COc1c(NSC)cc(C(C)(C)C)cc1NC(=O)C1=CC2=CC(C=CC=C2N)S1. The van der Waals surface area contributed by atoms with Crippen LogP contribution in [0.15, 0.2) is 58.7 Å². The van der Waals surface area contributed by atoms with E-state index in [1.54, 1.807) is 7.11 Å². The van der Waals surface area contributed by atoms with Gasteiger partial charge in [-0.1, -0.05) is 50.9 Å². The smallest absolute Gasteiger partial charge is 0.262 e. The van der Waals surface area contributed by atoms with Gasteiger partial charge in [-0.3, -0.25) is 4.79 Å². The van der Waals surface area contributed by atoms with Crippen molar-refractivity contribution in [2.24, 2.45) is 5.73 Å². The number of anilines is 2. The van der Waals surface area contributed by atoms with E-state index in [1.807, 2.05) is 36.6 Å². The molecule has 1 aliphatic heterocycles. The highest BCUT2D eigenvalue weighted by Gasteiger charge is 2.24. The summed E-state index contributed by atoms with van der Waals surface area (Å²) in [5.41, 5.74) is 10.1. The number of nitrogens with two attached hydrogens (primary N) is 1. The van der Waals surface area contributed by atoms with Crippen molar-refractivity contribution in [2.45, 2.75) is 31.4 Å². The van der Waals surface area contributed by atoms with Crippen molar-refractivity contribution < 1.29 is 9.53 Å². The molecule has 1 aromatic rings. The average molecular weight is 430 g/mol. The first-order valence-corrected chi connectivity index (χ1v) is 11.4. The molecule has 1 unspecified atom stereocenters. The van der Waals surface area contributed by atoms with Crippen LogP contribution in [0.3, 0.4) is 0 Å². The van der Waals surface area contributed by atoms with E-state index in [9.17, 15) is 4.79 Å². The molecule has 2 aliphatic rings. The van der Waals surface area contributed by atoms with Crippen molar-refractivity contribution in [3.8, 4) is 5.75 Å². The van der Waals surface area contributed by atoms with Crippen LogP contribution in [0.4, 0.5) is 11.4 Å². The zero-order chi connectivity index (χ0) is 21.2. The highest BCUT2D eigenvalue weighted by Crippen LogP contribution is 2.41. The van der Waals surface area contributed by atoms with Gasteiger partial charge in [-0.05, 0) is 40.8 Å². The summed E-state index contributed by atoms with van der Waals surface area (Å²) in [4.78, 5) is 13.7. The molecule has 0 saturated heterocycles. The maximum absolute atomic E-state index is 13.1. The van der Waals surface area contributed by atoms with Gasteiger partial charge in [0.2, 0.25) is 0 Å². The van der Waals surface area contributed by atoms with E-state index in [-0.39, 0.29) is 16.6 Å². The monoisotopic (exact) mass is 429 g/mol. The highest BCUT2D eigenvalue weighted by atomic mass is 32.2. The van der Waals surface area contributed by atoms with E-state index in [0.29, 0.717) is 22.0 Å². The second-order valence-corrected chi connectivity index (χ2v) is 9.67. The number of thioether (sulfide) groups is 1. The largest absolute Gasteiger partial charge is 0.492 e. The number of hydrogen-bond donors (Lipinski definition) is 3. The van der Waals surface area contributed by atoms with E-state index in [4.69, 9.17) is 10.5 Å². The van der Waals surface area contributed by atoms with Gasteiger partial charge in [-0.15, -0.1) is 11.8 Å². The molecule has 7 heteroatoms. The molecule has 0 saturated carbocycles. The van der Waals surface area contributed by atoms with E-state index < -0.39 is 0 Å². The zero-order valence-electron chi connectivity index (χ0n) is 17.3. The minimum absolute atomic E-state index is 0.0801. The predicted molar refractivity (Wildman–Crippen MR) is 126 cm³/mol. The Hall–Kier alpha value is -2.25. The average Bonchev–Trinajstić information content (AvgIpc) is 2.78. The first kappa shape index (κ1) is 21.5. The minimum atomic E-state index is -0.173. The van der Waals surface area contributed by atoms with E-state index in [2.05, 4.69) is 43.0 Å². The van der Waals surface area contributed by atoms with Gasteiger partial charge in [0.25, 0.3) is 5.91 Å². The molecular formula is C22H27N3O2S2. The van der Waals surface area contributed by atoms with Crippen LogP contribution in [0, 0.1) is 0 Å². The molecule has 29 heavy (non-hydrogen) atoms. The summed E-state index contributed by atoms with van der Waals surface area (Å²) < 4.78 is 8.89. The summed E-state index contributed by atoms with van der Waals surface area (Å²) in [5, 5.41) is 3.14. The van der Waals surface area contributed by atoms with Crippen LogP contribution in [0.5, 0.6) is 5.75 Å². The molecule has 2 bridgehead atoms. The topological polar surface area (TPSA) is 76.4 Å². The number of methoxy groups -OCH3 is 1. The Morgan fingerprint density at radius 2 is 2.00 bits per heavy atom. The van der Waals surface area contributed by atoms with Crippen molar-refractivity contribution in [3.63, 3.8) is 0 Å². The molecule has 1 aliphatic carbocycles. The van der Waals surface area contributed by atoms with Crippen LogP contribution in [0.2, 0.25) is 0 Å². The molecule has 0 aromatic heterocycles. The van der Waals surface area contributed by atoms with E-state index in [1.165, 1.54) is 23.7 Å². The van der Waals surface area contributed by atoms with Crippen LogP contribution in [-0.4, -0.2) is 24.5 Å². The number of benzene rings is 1. The molecule has 154 valence electrons. The fraction of sp³-hybridized carbons (Fsp3) is 0.318. The Morgan fingerprint density at radius 3 is 2.66 bits per heavy atom. The van der Waals surface area contributed by atoms with Gasteiger partial charge in [-0.25, -0.2) is 0 Å². The number of ether oxygens (including phenoxy) is 1. The maximum Gasteiger partial charge on any atom is 0.262 e. The van der Waals surface area contributed by atoms with Crippen LogP contribution < -0.4 is 20.5 Å². The van der Waals surface area contributed by atoms with Gasteiger partial charge in [0.15, 0.2) is 5.75 Å². The van der Waals surface area contributed by atoms with Crippen molar-refractivity contribution in [1.29, 1.82) is 0 Å². The second kappa shape index (κ2) is 8.63. The molecule has 1 aromatic carbocycles. The summed E-state index contributed by atoms with van der Waals surface area (Å²) in [5.74, 6) is 0.436. The molecular weight excluding hydrogens is 402 g/mol. The Morgan fingerprint density at radius 1 is 1.28 bits per heavy atom. The predicted octanol–water partition coefficient (Wildman–Crippen LogP) is 4.96. The lowest BCUT2D eigenvalue weighted by Crippen LogP contribution is -2.19. The number of nitrogens with one attached hydrogen (secondary N) is 2. The molecule has 3 rings (SSSR count). The lowest BCUT2D eigenvalue weighted by molar-refractivity contribution is -0.112. The number of fused-ring (bicyclic) bond motifs is 1. The van der Waals surface area contributed by atoms with Gasteiger partial charge >= 0.3 is 0 Å². The number of hydrogen-bond acceptors (Lipinski definition) is 6. The summed E-state index contributed by atoms with van der Waals surface area (Å²) >= 11 is 2.98. The standard InChI is InChI=1S/C22H27N3O2S2/c1-22(2,3)14-11-17(20(27-4)18(12-14)25-28-5)24-21(26)19-10-13-9-15(29-19)7-6-8-16(13)23/h6-12,15,25H,23H2,1-5H3,(H,24,26). The molecule has 4 N–H and O–H groups in total. The Bertz CT molecular complexity index is 940. The third-order valence-electron chi connectivity index (χ3n) is 4.65. The maximum atomic E-state index is 13.1. The van der Waals surface area contributed by atoms with Gasteiger partial charge in [0.05, 0.1) is 23.4 Å². The first-order valence-electron chi connectivity index (χ1n) is 9.30. The van der Waals surface area contributed by atoms with Crippen molar-refractivity contribution in [1.82, 2.24) is 0 Å². The van der Waals surface area contributed by atoms with Crippen LogP contribution in [-0.2, 0) is 10.2 Å². The van der Waals surface area contributed by atoms with Crippen LogP contribution in [0.1, 0.15) is 26.3 Å². The first-order chi connectivity index (χ1) is 13.7. The van der Waals surface area contributed by atoms with E-state index in [0.717, 1.165) is 16.8 Å². The molecule has 1 amide bonds. The highest BCUT2D eigenvalue weighted by molar-refractivity contribution is 8.05. The Labute approximate surface area is 181 Å². The fourth-order valence-electron chi connectivity index (χ4n) is 3.08. The fourth-order valence-corrected chi connectivity index (χ4v) is 4.49. The summed E-state index contributed by atoms with van der Waals surface area (Å²) in [6.45, 7) is 6.42. The normalized spacial score (nSPS) is 18.2. The van der Waals surface area contributed by atoms with Crippen LogP contribution >= 0.6 is 23.7 Å². The van der Waals surface area contributed by atoms with Crippen LogP contribution in [0.25, 0.3) is 0 Å². The Kier molecular flexibility index (Phi) is 6.39. The molecule has 1 heterocycles. The molecule has 0 radical (unpaired) electrons. The third-order valence-corrected chi connectivity index (χ3v) is 6.19. The van der Waals surface area contributed by atoms with Gasteiger partial charge < -0.3 is 20.5 Å².